The van der Waals surface area contributed by atoms with Crippen LogP contribution in [0.3, 0.4) is 0 Å². The minimum Gasteiger partial charge on any atom is -0.458 e. The number of aromatic nitrogens is 1. The Balaban J connectivity index is 2.07. The fourth-order valence-electron chi connectivity index (χ4n) is 2.31. The van der Waals surface area contributed by atoms with Gasteiger partial charge in [0.25, 0.3) is 0 Å². The SMILES string of the molecule is CC(C)(C)OC(=O)C(CN1CCNC(=O)C1)Nc1ccncc1. The molecular formula is C16H24N4O3. The Labute approximate surface area is 136 Å². The smallest absolute Gasteiger partial charge is 0.330 e. The van der Waals surface area contributed by atoms with Gasteiger partial charge in [-0.1, -0.05) is 0 Å². The Kier molecular flexibility index (Phi) is 5.54. The Morgan fingerprint density at radius 2 is 2.13 bits per heavy atom. The van der Waals surface area contributed by atoms with Crippen LogP contribution >= 0.6 is 0 Å². The zero-order chi connectivity index (χ0) is 16.9. The second-order valence-electron chi connectivity index (χ2n) is 6.55. The lowest BCUT2D eigenvalue weighted by Gasteiger charge is -2.31. The molecule has 0 aromatic carbocycles. The van der Waals surface area contributed by atoms with Gasteiger partial charge in [0.1, 0.15) is 11.6 Å². The number of amides is 1. The number of carbonyl (C=O) groups is 2. The van der Waals surface area contributed by atoms with Crippen molar-refractivity contribution in [2.24, 2.45) is 0 Å². The molecule has 1 aliphatic heterocycles. The van der Waals surface area contributed by atoms with Gasteiger partial charge in [0.05, 0.1) is 6.54 Å². The molecule has 23 heavy (non-hydrogen) atoms. The molecule has 0 bridgehead atoms. The summed E-state index contributed by atoms with van der Waals surface area (Å²) in [5, 5.41) is 5.95. The molecule has 0 spiro atoms. The summed E-state index contributed by atoms with van der Waals surface area (Å²) in [5.74, 6) is -0.358. The Bertz CT molecular complexity index is 542. The fraction of sp³-hybridized carbons (Fsp3) is 0.562. The molecule has 1 saturated heterocycles. The van der Waals surface area contributed by atoms with Crippen LogP contribution in [0.1, 0.15) is 20.8 Å². The highest BCUT2D eigenvalue weighted by molar-refractivity contribution is 5.81. The number of carbonyl (C=O) groups excluding carboxylic acids is 2. The minimum atomic E-state index is -0.561. The first-order valence-corrected chi connectivity index (χ1v) is 7.72. The number of ether oxygens (including phenoxy) is 1. The van der Waals surface area contributed by atoms with Gasteiger partial charge < -0.3 is 15.4 Å². The fourth-order valence-corrected chi connectivity index (χ4v) is 2.31. The number of rotatable bonds is 5. The minimum absolute atomic E-state index is 0.0249. The lowest BCUT2D eigenvalue weighted by Crippen LogP contribution is -2.52. The highest BCUT2D eigenvalue weighted by atomic mass is 16.6. The molecule has 2 heterocycles. The van der Waals surface area contributed by atoms with Crippen molar-refractivity contribution in [2.75, 3.05) is 31.5 Å². The van der Waals surface area contributed by atoms with Crippen LogP contribution in [0.4, 0.5) is 5.69 Å². The van der Waals surface area contributed by atoms with E-state index in [0.717, 1.165) is 5.69 Å². The van der Waals surface area contributed by atoms with E-state index in [4.69, 9.17) is 4.74 Å². The van der Waals surface area contributed by atoms with Crippen LogP contribution in [0, 0.1) is 0 Å². The van der Waals surface area contributed by atoms with E-state index in [1.165, 1.54) is 0 Å². The molecule has 1 aliphatic rings. The summed E-state index contributed by atoms with van der Waals surface area (Å²) in [6.07, 6.45) is 3.31. The monoisotopic (exact) mass is 320 g/mol. The predicted molar refractivity (Wildman–Crippen MR) is 86.9 cm³/mol. The Morgan fingerprint density at radius 3 is 2.74 bits per heavy atom. The first-order chi connectivity index (χ1) is 10.8. The number of hydrogen-bond acceptors (Lipinski definition) is 6. The van der Waals surface area contributed by atoms with E-state index in [2.05, 4.69) is 15.6 Å². The number of hydrogen-bond donors (Lipinski definition) is 2. The topological polar surface area (TPSA) is 83.6 Å². The highest BCUT2D eigenvalue weighted by Crippen LogP contribution is 2.13. The van der Waals surface area contributed by atoms with E-state index in [1.807, 2.05) is 25.7 Å². The largest absolute Gasteiger partial charge is 0.458 e. The van der Waals surface area contributed by atoms with Crippen LogP contribution in [0.2, 0.25) is 0 Å². The normalized spacial score (nSPS) is 17.3. The quantitative estimate of drug-likeness (QED) is 0.775. The van der Waals surface area contributed by atoms with E-state index >= 15 is 0 Å². The molecule has 1 aromatic heterocycles. The number of anilines is 1. The molecule has 126 valence electrons. The summed E-state index contributed by atoms with van der Waals surface area (Å²) in [6, 6.07) is 3.03. The predicted octanol–water partition coefficient (Wildman–Crippen LogP) is 0.636. The van der Waals surface area contributed by atoms with E-state index in [0.29, 0.717) is 19.6 Å². The van der Waals surface area contributed by atoms with Crippen LogP contribution in [0.25, 0.3) is 0 Å². The molecule has 1 amide bonds. The molecule has 0 saturated carbocycles. The van der Waals surface area contributed by atoms with Crippen LogP contribution in [0.5, 0.6) is 0 Å². The van der Waals surface area contributed by atoms with Gasteiger partial charge >= 0.3 is 5.97 Å². The average Bonchev–Trinajstić information content (AvgIpc) is 2.46. The zero-order valence-corrected chi connectivity index (χ0v) is 13.8. The molecule has 2 N–H and O–H groups in total. The lowest BCUT2D eigenvalue weighted by atomic mass is 10.1. The summed E-state index contributed by atoms with van der Waals surface area (Å²) in [7, 11) is 0. The van der Waals surface area contributed by atoms with Crippen molar-refractivity contribution in [3.8, 4) is 0 Å². The Morgan fingerprint density at radius 1 is 1.43 bits per heavy atom. The average molecular weight is 320 g/mol. The number of nitrogens with one attached hydrogen (secondary N) is 2. The summed E-state index contributed by atoms with van der Waals surface area (Å²) in [4.78, 5) is 29.9. The van der Waals surface area contributed by atoms with Gasteiger partial charge in [0.2, 0.25) is 5.91 Å². The molecule has 0 radical (unpaired) electrons. The van der Waals surface area contributed by atoms with E-state index in [1.54, 1.807) is 24.5 Å². The van der Waals surface area contributed by atoms with E-state index in [9.17, 15) is 9.59 Å². The first kappa shape index (κ1) is 17.2. The molecule has 1 aromatic rings. The van der Waals surface area contributed by atoms with Crippen molar-refractivity contribution >= 4 is 17.6 Å². The summed E-state index contributed by atoms with van der Waals surface area (Å²) < 4.78 is 5.50. The molecule has 7 heteroatoms. The van der Waals surface area contributed by atoms with Gasteiger partial charge in [0.15, 0.2) is 0 Å². The number of pyridine rings is 1. The van der Waals surface area contributed by atoms with Crippen molar-refractivity contribution in [3.63, 3.8) is 0 Å². The first-order valence-electron chi connectivity index (χ1n) is 7.72. The lowest BCUT2D eigenvalue weighted by molar-refractivity contribution is -0.156. The number of nitrogens with zero attached hydrogens (tertiary/aromatic N) is 2. The van der Waals surface area contributed by atoms with Gasteiger partial charge in [-0.25, -0.2) is 4.79 Å². The van der Waals surface area contributed by atoms with E-state index in [-0.39, 0.29) is 18.4 Å². The third-order valence-corrected chi connectivity index (χ3v) is 3.27. The van der Waals surface area contributed by atoms with Crippen LogP contribution in [-0.4, -0.2) is 59.6 Å². The van der Waals surface area contributed by atoms with Gasteiger partial charge in [-0.2, -0.15) is 0 Å². The van der Waals surface area contributed by atoms with Crippen LogP contribution in [-0.2, 0) is 14.3 Å². The molecular weight excluding hydrogens is 296 g/mol. The maximum absolute atomic E-state index is 12.5. The van der Waals surface area contributed by atoms with Gasteiger partial charge in [-0.05, 0) is 32.9 Å². The second-order valence-corrected chi connectivity index (χ2v) is 6.55. The molecule has 2 rings (SSSR count). The summed E-state index contributed by atoms with van der Waals surface area (Å²) >= 11 is 0. The maximum atomic E-state index is 12.5. The maximum Gasteiger partial charge on any atom is 0.330 e. The third-order valence-electron chi connectivity index (χ3n) is 3.27. The van der Waals surface area contributed by atoms with E-state index < -0.39 is 11.6 Å². The Hall–Kier alpha value is -2.15. The zero-order valence-electron chi connectivity index (χ0n) is 13.8. The van der Waals surface area contributed by atoms with Crippen LogP contribution in [0.15, 0.2) is 24.5 Å². The van der Waals surface area contributed by atoms with Gasteiger partial charge in [-0.3, -0.25) is 14.7 Å². The van der Waals surface area contributed by atoms with Crippen molar-refractivity contribution < 1.29 is 14.3 Å². The second kappa shape index (κ2) is 7.41. The summed E-state index contributed by atoms with van der Waals surface area (Å²) in [6.45, 7) is 7.51. The molecule has 1 atom stereocenters. The van der Waals surface area contributed by atoms with Crippen molar-refractivity contribution in [3.05, 3.63) is 24.5 Å². The molecule has 1 unspecified atom stereocenters. The van der Waals surface area contributed by atoms with Crippen molar-refractivity contribution in [1.82, 2.24) is 15.2 Å². The number of esters is 1. The standard InChI is InChI=1S/C16H24N4O3/c1-16(2,3)23-15(22)13(19-12-4-6-17-7-5-12)10-20-9-8-18-14(21)11-20/h4-7,13H,8-11H2,1-3H3,(H,17,19)(H,18,21). The molecule has 0 aliphatic carbocycles. The number of piperazine rings is 1. The summed E-state index contributed by atoms with van der Waals surface area (Å²) in [5.41, 5.74) is 0.228. The van der Waals surface area contributed by atoms with Crippen molar-refractivity contribution in [1.29, 1.82) is 0 Å². The highest BCUT2D eigenvalue weighted by Gasteiger charge is 2.28. The van der Waals surface area contributed by atoms with Gasteiger partial charge in [-0.15, -0.1) is 0 Å². The van der Waals surface area contributed by atoms with Gasteiger partial charge in [0, 0.05) is 37.7 Å². The molecule has 7 nitrogen and oxygen atoms in total. The third kappa shape index (κ3) is 5.86. The van der Waals surface area contributed by atoms with Crippen LogP contribution < -0.4 is 10.6 Å². The van der Waals surface area contributed by atoms with Crippen molar-refractivity contribution in [2.45, 2.75) is 32.4 Å². The molecule has 1 fully saturated rings.